The molecule has 0 radical (unpaired) electrons. The van der Waals surface area contributed by atoms with Gasteiger partial charge in [-0.25, -0.2) is 10.9 Å². The first kappa shape index (κ1) is 16.2. The van der Waals surface area contributed by atoms with Crippen LogP contribution in [0.2, 0.25) is 5.02 Å². The molecule has 1 aromatic rings. The van der Waals surface area contributed by atoms with Crippen LogP contribution < -0.4 is 21.5 Å². The Kier molecular flexibility index (Phi) is 6.45. The van der Waals surface area contributed by atoms with Gasteiger partial charge in [0.1, 0.15) is 6.04 Å². The maximum absolute atomic E-state index is 12.0. The van der Waals surface area contributed by atoms with Crippen molar-refractivity contribution in [1.29, 1.82) is 0 Å². The van der Waals surface area contributed by atoms with Crippen LogP contribution in [0.25, 0.3) is 0 Å². The summed E-state index contributed by atoms with van der Waals surface area (Å²) in [5.74, 6) is 0.0391. The van der Waals surface area contributed by atoms with Gasteiger partial charge in [0, 0.05) is 24.2 Å². The molecule has 2 unspecified atom stereocenters. The maximum Gasteiger partial charge on any atom is 0.238 e. The molecule has 2 atom stereocenters. The molecule has 1 fully saturated rings. The summed E-state index contributed by atoms with van der Waals surface area (Å²) in [7, 11) is 0. The van der Waals surface area contributed by atoms with Crippen LogP contribution in [-0.2, 0) is 4.79 Å². The lowest BCUT2D eigenvalue weighted by Gasteiger charge is -2.11. The van der Waals surface area contributed by atoms with Gasteiger partial charge in [-0.15, -0.1) is 0 Å². The number of carbonyl (C=O) groups excluding carboxylic acids is 1. The monoisotopic (exact) mass is 310 g/mol. The van der Waals surface area contributed by atoms with Crippen LogP contribution in [-0.4, -0.2) is 31.6 Å². The first-order valence-electron chi connectivity index (χ1n) is 7.45. The summed E-state index contributed by atoms with van der Waals surface area (Å²) in [4.78, 5) is 12.0. The third-order valence-electron chi connectivity index (χ3n) is 3.52. The molecule has 6 heteroatoms. The van der Waals surface area contributed by atoms with Crippen molar-refractivity contribution in [3.8, 4) is 0 Å². The summed E-state index contributed by atoms with van der Waals surface area (Å²) in [5.41, 5.74) is 7.35. The number of carbonyl (C=O) groups is 1. The smallest absolute Gasteiger partial charge is 0.238 e. The number of hydrazine groups is 1. The van der Waals surface area contributed by atoms with E-state index in [0.717, 1.165) is 36.5 Å². The van der Waals surface area contributed by atoms with Crippen molar-refractivity contribution in [3.05, 3.63) is 34.9 Å². The van der Waals surface area contributed by atoms with E-state index in [0.29, 0.717) is 6.54 Å². The first-order chi connectivity index (χ1) is 10.2. The van der Waals surface area contributed by atoms with Crippen molar-refractivity contribution in [3.63, 3.8) is 0 Å². The maximum atomic E-state index is 12.0. The zero-order chi connectivity index (χ0) is 15.1. The van der Waals surface area contributed by atoms with E-state index >= 15 is 0 Å². The molecule has 1 amide bonds. The Morgan fingerprint density at radius 1 is 1.24 bits per heavy atom. The van der Waals surface area contributed by atoms with Crippen LogP contribution in [0, 0.1) is 0 Å². The van der Waals surface area contributed by atoms with Crippen molar-refractivity contribution in [1.82, 2.24) is 21.5 Å². The molecule has 116 valence electrons. The Labute approximate surface area is 130 Å². The highest BCUT2D eigenvalue weighted by atomic mass is 35.5. The summed E-state index contributed by atoms with van der Waals surface area (Å²) < 4.78 is 0. The van der Waals surface area contributed by atoms with Crippen LogP contribution in [0.3, 0.4) is 0 Å². The number of hydrogen-bond acceptors (Lipinski definition) is 4. The molecular weight excluding hydrogens is 288 g/mol. The molecule has 0 spiro atoms. The lowest BCUT2D eigenvalue weighted by atomic mass is 10.0. The highest BCUT2D eigenvalue weighted by molar-refractivity contribution is 6.30. The fourth-order valence-corrected chi connectivity index (χ4v) is 2.47. The fraction of sp³-hybridized carbons (Fsp3) is 0.533. The van der Waals surface area contributed by atoms with E-state index in [9.17, 15) is 4.79 Å². The van der Waals surface area contributed by atoms with E-state index in [1.165, 1.54) is 0 Å². The van der Waals surface area contributed by atoms with Crippen LogP contribution >= 0.6 is 11.6 Å². The molecule has 1 aliphatic rings. The Morgan fingerprint density at radius 3 is 2.71 bits per heavy atom. The van der Waals surface area contributed by atoms with Gasteiger partial charge in [0.25, 0.3) is 0 Å². The minimum Gasteiger partial charge on any atom is -0.353 e. The highest BCUT2D eigenvalue weighted by Gasteiger charge is 2.29. The fourth-order valence-electron chi connectivity index (χ4n) is 2.34. The van der Waals surface area contributed by atoms with E-state index < -0.39 is 0 Å². The van der Waals surface area contributed by atoms with Crippen molar-refractivity contribution in [2.45, 2.75) is 31.8 Å². The van der Waals surface area contributed by atoms with Crippen LogP contribution in [0.1, 0.15) is 31.4 Å². The molecule has 0 aromatic heterocycles. The minimum absolute atomic E-state index is 0.0391. The first-order valence-corrected chi connectivity index (χ1v) is 7.83. The summed E-state index contributed by atoms with van der Waals surface area (Å²) >= 11 is 5.88. The number of halogens is 1. The number of rotatable bonds is 7. The number of amides is 1. The number of hydrogen-bond donors (Lipinski definition) is 4. The molecule has 5 nitrogen and oxygen atoms in total. The van der Waals surface area contributed by atoms with Gasteiger partial charge in [-0.2, -0.15) is 0 Å². The summed E-state index contributed by atoms with van der Waals surface area (Å²) in [5, 5.41) is 6.92. The Bertz CT molecular complexity index is 451. The van der Waals surface area contributed by atoms with Gasteiger partial charge >= 0.3 is 0 Å². The molecule has 0 aliphatic carbocycles. The van der Waals surface area contributed by atoms with Gasteiger partial charge in [0.2, 0.25) is 5.91 Å². The second-order valence-electron chi connectivity index (χ2n) is 5.22. The third kappa shape index (κ3) is 4.97. The van der Waals surface area contributed by atoms with Gasteiger partial charge in [0.15, 0.2) is 0 Å². The van der Waals surface area contributed by atoms with Crippen LogP contribution in [0.15, 0.2) is 24.3 Å². The number of benzene rings is 1. The molecule has 21 heavy (non-hydrogen) atoms. The van der Waals surface area contributed by atoms with Gasteiger partial charge < -0.3 is 10.6 Å². The SMILES string of the molecule is CCCNCCNC(=O)C1CC(c2ccc(Cl)cc2)NN1. The van der Waals surface area contributed by atoms with E-state index in [1.54, 1.807) is 0 Å². The van der Waals surface area contributed by atoms with E-state index in [1.807, 2.05) is 24.3 Å². The highest BCUT2D eigenvalue weighted by Crippen LogP contribution is 2.23. The Hall–Kier alpha value is -1.14. The third-order valence-corrected chi connectivity index (χ3v) is 3.77. The number of nitrogens with one attached hydrogen (secondary N) is 4. The molecule has 2 rings (SSSR count). The molecule has 0 saturated carbocycles. The standard InChI is InChI=1S/C15H23ClN4O/c1-2-7-17-8-9-18-15(21)14-10-13(19-20-14)11-3-5-12(16)6-4-11/h3-6,13-14,17,19-20H,2,7-10H2,1H3,(H,18,21). The van der Waals surface area contributed by atoms with E-state index in [-0.39, 0.29) is 18.0 Å². The lowest BCUT2D eigenvalue weighted by Crippen LogP contribution is -2.44. The van der Waals surface area contributed by atoms with Crippen molar-refractivity contribution >= 4 is 17.5 Å². The quantitative estimate of drug-likeness (QED) is 0.574. The summed E-state index contributed by atoms with van der Waals surface area (Å²) in [6.45, 7) is 4.57. The van der Waals surface area contributed by atoms with Crippen molar-refractivity contribution in [2.24, 2.45) is 0 Å². The van der Waals surface area contributed by atoms with Gasteiger partial charge in [0.05, 0.1) is 0 Å². The second kappa shape index (κ2) is 8.34. The van der Waals surface area contributed by atoms with E-state index in [2.05, 4.69) is 28.4 Å². The zero-order valence-corrected chi connectivity index (χ0v) is 13.0. The summed E-state index contributed by atoms with van der Waals surface area (Å²) in [6.07, 6.45) is 1.83. The average molecular weight is 311 g/mol. The van der Waals surface area contributed by atoms with Crippen LogP contribution in [0.5, 0.6) is 0 Å². The Balaban J connectivity index is 1.74. The zero-order valence-electron chi connectivity index (χ0n) is 12.3. The summed E-state index contributed by atoms with van der Waals surface area (Å²) in [6, 6.07) is 7.64. The minimum atomic E-state index is -0.197. The van der Waals surface area contributed by atoms with Crippen molar-refractivity contribution < 1.29 is 4.79 Å². The Morgan fingerprint density at radius 2 is 2.00 bits per heavy atom. The van der Waals surface area contributed by atoms with Gasteiger partial charge in [-0.1, -0.05) is 30.7 Å². The average Bonchev–Trinajstić information content (AvgIpc) is 2.97. The molecule has 0 bridgehead atoms. The molecule has 1 aromatic carbocycles. The molecule has 4 N–H and O–H groups in total. The molecular formula is C15H23ClN4O. The topological polar surface area (TPSA) is 65.2 Å². The lowest BCUT2D eigenvalue weighted by molar-refractivity contribution is -0.122. The van der Waals surface area contributed by atoms with Crippen LogP contribution in [0.4, 0.5) is 0 Å². The van der Waals surface area contributed by atoms with E-state index in [4.69, 9.17) is 11.6 Å². The normalized spacial score (nSPS) is 21.4. The predicted molar refractivity (Wildman–Crippen MR) is 85.0 cm³/mol. The second-order valence-corrected chi connectivity index (χ2v) is 5.66. The molecule has 1 heterocycles. The van der Waals surface area contributed by atoms with Gasteiger partial charge in [-0.05, 0) is 37.1 Å². The largest absolute Gasteiger partial charge is 0.353 e. The van der Waals surface area contributed by atoms with Crippen molar-refractivity contribution in [2.75, 3.05) is 19.6 Å². The predicted octanol–water partition coefficient (Wildman–Crippen LogP) is 1.36. The molecule has 1 saturated heterocycles. The molecule has 1 aliphatic heterocycles. The van der Waals surface area contributed by atoms with Gasteiger partial charge in [-0.3, -0.25) is 4.79 Å².